The van der Waals surface area contributed by atoms with Crippen LogP contribution < -0.4 is 0 Å². The van der Waals surface area contributed by atoms with E-state index in [1.54, 1.807) is 0 Å². The number of ether oxygens (including phenoxy) is 2. The van der Waals surface area contributed by atoms with Gasteiger partial charge in [0.25, 0.3) is 0 Å². The van der Waals surface area contributed by atoms with Gasteiger partial charge in [-0.25, -0.2) is 0 Å². The molecular formula is C12H25NO3. The van der Waals surface area contributed by atoms with Gasteiger partial charge in [-0.1, -0.05) is 0 Å². The van der Waals surface area contributed by atoms with Crippen molar-refractivity contribution in [3.05, 3.63) is 0 Å². The summed E-state index contributed by atoms with van der Waals surface area (Å²) in [6.45, 7) is 9.97. The van der Waals surface area contributed by atoms with E-state index in [2.05, 4.69) is 4.90 Å². The molecule has 0 unspecified atom stereocenters. The van der Waals surface area contributed by atoms with Crippen LogP contribution in [-0.2, 0) is 14.3 Å². The highest BCUT2D eigenvalue weighted by atomic mass is 16.5. The Morgan fingerprint density at radius 1 is 1.38 bits per heavy atom. The maximum Gasteiger partial charge on any atom is 0.312 e. The molecule has 0 aromatic rings. The van der Waals surface area contributed by atoms with Gasteiger partial charge in [0, 0.05) is 13.1 Å². The smallest absolute Gasteiger partial charge is 0.312 e. The third-order valence-corrected chi connectivity index (χ3v) is 2.33. The summed E-state index contributed by atoms with van der Waals surface area (Å²) < 4.78 is 10.2. The van der Waals surface area contributed by atoms with E-state index in [1.807, 2.05) is 34.7 Å². The van der Waals surface area contributed by atoms with Crippen LogP contribution in [-0.4, -0.2) is 50.8 Å². The normalized spacial score (nSPS) is 12.2. The van der Waals surface area contributed by atoms with Crippen molar-refractivity contribution >= 4 is 5.97 Å². The van der Waals surface area contributed by atoms with E-state index in [1.165, 1.54) is 7.11 Å². The summed E-state index contributed by atoms with van der Waals surface area (Å²) in [7, 11) is 3.40. The van der Waals surface area contributed by atoms with E-state index in [4.69, 9.17) is 9.47 Å². The lowest BCUT2D eigenvalue weighted by Gasteiger charge is -2.27. The molecule has 4 heteroatoms. The van der Waals surface area contributed by atoms with Crippen molar-refractivity contribution in [2.24, 2.45) is 5.41 Å². The van der Waals surface area contributed by atoms with Crippen LogP contribution in [0.1, 0.15) is 27.7 Å². The topological polar surface area (TPSA) is 38.8 Å². The lowest BCUT2D eigenvalue weighted by molar-refractivity contribution is -0.151. The van der Waals surface area contributed by atoms with Crippen LogP contribution in [0, 0.1) is 5.41 Å². The number of hydrogen-bond donors (Lipinski definition) is 0. The second kappa shape index (κ2) is 6.86. The van der Waals surface area contributed by atoms with Crippen molar-refractivity contribution in [1.29, 1.82) is 0 Å². The molecule has 0 radical (unpaired) electrons. The Morgan fingerprint density at radius 2 is 1.94 bits per heavy atom. The largest absolute Gasteiger partial charge is 0.469 e. The summed E-state index contributed by atoms with van der Waals surface area (Å²) in [5.74, 6) is -0.177. The fraction of sp³-hybridized carbons (Fsp3) is 0.917. The highest BCUT2D eigenvalue weighted by molar-refractivity contribution is 5.76. The summed E-state index contributed by atoms with van der Waals surface area (Å²) in [4.78, 5) is 13.6. The maximum atomic E-state index is 11.5. The number of rotatable bonds is 7. The first-order valence-corrected chi connectivity index (χ1v) is 5.68. The van der Waals surface area contributed by atoms with Gasteiger partial charge in [0.15, 0.2) is 0 Å². The Kier molecular flexibility index (Phi) is 6.60. The Hall–Kier alpha value is -0.610. The zero-order valence-corrected chi connectivity index (χ0v) is 11.4. The van der Waals surface area contributed by atoms with Crippen molar-refractivity contribution in [3.63, 3.8) is 0 Å². The van der Waals surface area contributed by atoms with E-state index in [0.717, 1.165) is 6.54 Å². The van der Waals surface area contributed by atoms with Crippen LogP contribution in [0.25, 0.3) is 0 Å². The van der Waals surface area contributed by atoms with E-state index >= 15 is 0 Å². The van der Waals surface area contributed by atoms with E-state index in [0.29, 0.717) is 13.2 Å². The van der Waals surface area contributed by atoms with Gasteiger partial charge in [-0.2, -0.15) is 0 Å². The zero-order chi connectivity index (χ0) is 12.8. The first-order valence-electron chi connectivity index (χ1n) is 5.68. The summed E-state index contributed by atoms with van der Waals surface area (Å²) >= 11 is 0. The molecule has 0 aliphatic heterocycles. The van der Waals surface area contributed by atoms with Crippen molar-refractivity contribution < 1.29 is 14.3 Å². The third-order valence-electron chi connectivity index (χ3n) is 2.33. The SMILES string of the molecule is COC(=O)C(C)(C)CN(C)CCOC(C)C. The Balaban J connectivity index is 3.94. The van der Waals surface area contributed by atoms with Crippen LogP contribution >= 0.6 is 0 Å². The molecule has 4 nitrogen and oxygen atoms in total. The van der Waals surface area contributed by atoms with Crippen molar-refractivity contribution in [3.8, 4) is 0 Å². The minimum atomic E-state index is -0.471. The molecule has 0 aromatic carbocycles. The number of likely N-dealkylation sites (N-methyl/N-ethyl adjacent to an activating group) is 1. The molecule has 0 aliphatic carbocycles. The monoisotopic (exact) mass is 231 g/mol. The number of carbonyl (C=O) groups excluding carboxylic acids is 1. The molecule has 0 N–H and O–H groups in total. The number of methoxy groups -OCH3 is 1. The zero-order valence-electron chi connectivity index (χ0n) is 11.4. The number of carbonyl (C=O) groups is 1. The Morgan fingerprint density at radius 3 is 2.38 bits per heavy atom. The quantitative estimate of drug-likeness (QED) is 0.623. The summed E-state index contributed by atoms with van der Waals surface area (Å²) in [5.41, 5.74) is -0.471. The highest BCUT2D eigenvalue weighted by Gasteiger charge is 2.29. The molecule has 0 aromatic heterocycles. The molecule has 96 valence electrons. The predicted molar refractivity (Wildman–Crippen MR) is 64.4 cm³/mol. The molecule has 0 bridgehead atoms. The Bertz CT molecular complexity index is 214. The molecule has 0 spiro atoms. The van der Waals surface area contributed by atoms with Crippen LogP contribution in [0.15, 0.2) is 0 Å². The molecule has 0 saturated heterocycles. The fourth-order valence-corrected chi connectivity index (χ4v) is 1.54. The van der Waals surface area contributed by atoms with Gasteiger partial charge in [0.1, 0.15) is 0 Å². The van der Waals surface area contributed by atoms with E-state index in [9.17, 15) is 4.79 Å². The molecule has 0 atom stereocenters. The first kappa shape index (κ1) is 15.4. The molecule has 0 aliphatic rings. The number of esters is 1. The lowest BCUT2D eigenvalue weighted by atomic mass is 9.93. The minimum absolute atomic E-state index is 0.177. The molecule has 0 amide bonds. The molecule has 0 saturated carbocycles. The van der Waals surface area contributed by atoms with Gasteiger partial charge in [0.05, 0.1) is 25.2 Å². The number of hydrogen-bond acceptors (Lipinski definition) is 4. The van der Waals surface area contributed by atoms with E-state index in [-0.39, 0.29) is 12.1 Å². The van der Waals surface area contributed by atoms with Crippen LogP contribution in [0.2, 0.25) is 0 Å². The van der Waals surface area contributed by atoms with Crippen molar-refractivity contribution in [2.75, 3.05) is 33.9 Å². The second-order valence-electron chi connectivity index (χ2n) is 5.03. The fourth-order valence-electron chi connectivity index (χ4n) is 1.54. The second-order valence-corrected chi connectivity index (χ2v) is 5.03. The number of nitrogens with zero attached hydrogens (tertiary/aromatic N) is 1. The van der Waals surface area contributed by atoms with Crippen LogP contribution in [0.3, 0.4) is 0 Å². The highest BCUT2D eigenvalue weighted by Crippen LogP contribution is 2.17. The minimum Gasteiger partial charge on any atom is -0.469 e. The van der Waals surface area contributed by atoms with Crippen LogP contribution in [0.5, 0.6) is 0 Å². The molecular weight excluding hydrogens is 206 g/mol. The van der Waals surface area contributed by atoms with Crippen molar-refractivity contribution in [2.45, 2.75) is 33.8 Å². The van der Waals surface area contributed by atoms with Gasteiger partial charge in [-0.05, 0) is 34.7 Å². The van der Waals surface area contributed by atoms with Crippen LogP contribution in [0.4, 0.5) is 0 Å². The Labute approximate surface area is 98.9 Å². The van der Waals surface area contributed by atoms with Gasteiger partial charge < -0.3 is 14.4 Å². The van der Waals surface area contributed by atoms with Crippen molar-refractivity contribution in [1.82, 2.24) is 4.90 Å². The average Bonchev–Trinajstić information content (AvgIpc) is 2.14. The third kappa shape index (κ3) is 6.08. The predicted octanol–water partition coefficient (Wildman–Crippen LogP) is 1.54. The molecule has 0 fully saturated rings. The van der Waals surface area contributed by atoms with Gasteiger partial charge in [0.2, 0.25) is 0 Å². The first-order chi connectivity index (χ1) is 7.29. The maximum absolute atomic E-state index is 11.5. The molecule has 0 rings (SSSR count). The van der Waals surface area contributed by atoms with E-state index < -0.39 is 5.41 Å². The molecule has 16 heavy (non-hydrogen) atoms. The summed E-state index contributed by atoms with van der Waals surface area (Å²) in [5, 5.41) is 0. The van der Waals surface area contributed by atoms with Gasteiger partial charge in [-0.15, -0.1) is 0 Å². The summed E-state index contributed by atoms with van der Waals surface area (Å²) in [6, 6.07) is 0. The standard InChI is InChI=1S/C12H25NO3/c1-10(2)16-8-7-13(5)9-12(3,4)11(14)15-6/h10H,7-9H2,1-6H3. The molecule has 0 heterocycles. The summed E-state index contributed by atoms with van der Waals surface area (Å²) in [6.07, 6.45) is 0.252. The lowest BCUT2D eigenvalue weighted by Crippen LogP contribution is -2.39. The average molecular weight is 231 g/mol. The van der Waals surface area contributed by atoms with Gasteiger partial charge in [-0.3, -0.25) is 4.79 Å². The van der Waals surface area contributed by atoms with Gasteiger partial charge >= 0.3 is 5.97 Å².